The molecule has 1 N–H and O–H groups in total. The number of carbonyl (C=O) groups is 1. The van der Waals surface area contributed by atoms with E-state index in [1.54, 1.807) is 11.3 Å². The van der Waals surface area contributed by atoms with Crippen LogP contribution in [0.15, 0.2) is 36.1 Å². The van der Waals surface area contributed by atoms with E-state index in [1.165, 1.54) is 5.57 Å². The molecule has 0 bridgehead atoms. The highest BCUT2D eigenvalue weighted by Gasteiger charge is 2.42. The van der Waals surface area contributed by atoms with Gasteiger partial charge in [-0.1, -0.05) is 37.3 Å². The second kappa shape index (κ2) is 7.36. The van der Waals surface area contributed by atoms with Crippen molar-refractivity contribution in [1.82, 2.24) is 4.90 Å². The SMILES string of the molecule is C=C(Nc1sc2c(c1C#N)CCN(C(=O)CCC)C2)C1CC1C1=CC=CC1. The fourth-order valence-corrected chi connectivity index (χ4v) is 5.41. The maximum absolute atomic E-state index is 12.2. The van der Waals surface area contributed by atoms with Crippen LogP contribution in [-0.2, 0) is 17.8 Å². The standard InChI is InChI=1S/C22H25N3OS/c1-3-6-21(26)25-10-9-16-19(12-23)22(27-20(16)13-25)24-14(2)17-11-18(17)15-7-4-5-8-15/h4-5,7,17-18,24H,2-3,6,8-11,13H2,1H3. The minimum Gasteiger partial charge on any atom is -0.350 e. The third-order valence-electron chi connectivity index (χ3n) is 5.77. The van der Waals surface area contributed by atoms with Crippen molar-refractivity contribution in [3.05, 3.63) is 52.1 Å². The average molecular weight is 380 g/mol. The molecule has 4 rings (SSSR count). The fourth-order valence-electron chi connectivity index (χ4n) is 4.16. The maximum atomic E-state index is 12.2. The molecule has 1 saturated carbocycles. The molecule has 0 aromatic carbocycles. The van der Waals surface area contributed by atoms with Crippen LogP contribution in [0.3, 0.4) is 0 Å². The van der Waals surface area contributed by atoms with E-state index in [4.69, 9.17) is 0 Å². The van der Waals surface area contributed by atoms with Crippen LogP contribution in [0, 0.1) is 23.2 Å². The number of rotatable bonds is 6. The Hall–Kier alpha value is -2.32. The van der Waals surface area contributed by atoms with Crippen molar-refractivity contribution >= 4 is 22.2 Å². The van der Waals surface area contributed by atoms with Gasteiger partial charge in [-0.25, -0.2) is 0 Å². The monoisotopic (exact) mass is 379 g/mol. The van der Waals surface area contributed by atoms with E-state index in [-0.39, 0.29) is 5.91 Å². The number of amides is 1. The molecule has 2 atom stereocenters. The summed E-state index contributed by atoms with van der Waals surface area (Å²) in [6.07, 6.45) is 11.0. The number of fused-ring (bicyclic) bond motifs is 1. The Morgan fingerprint density at radius 1 is 1.52 bits per heavy atom. The second-order valence-electron chi connectivity index (χ2n) is 7.61. The second-order valence-corrected chi connectivity index (χ2v) is 8.71. The van der Waals surface area contributed by atoms with Gasteiger partial charge in [-0.15, -0.1) is 11.3 Å². The average Bonchev–Trinajstić information content (AvgIpc) is 3.12. The third-order valence-corrected chi connectivity index (χ3v) is 6.91. The first-order valence-electron chi connectivity index (χ1n) is 9.76. The molecule has 27 heavy (non-hydrogen) atoms. The van der Waals surface area contributed by atoms with E-state index >= 15 is 0 Å². The number of nitrogens with one attached hydrogen (secondary N) is 1. The van der Waals surface area contributed by atoms with Gasteiger partial charge in [0.25, 0.3) is 0 Å². The van der Waals surface area contributed by atoms with Gasteiger partial charge in [0.2, 0.25) is 5.91 Å². The lowest BCUT2D eigenvalue weighted by atomic mass is 10.0. The lowest BCUT2D eigenvalue weighted by Gasteiger charge is -2.26. The van der Waals surface area contributed by atoms with E-state index in [1.807, 2.05) is 11.8 Å². The molecule has 2 heterocycles. The zero-order valence-corrected chi connectivity index (χ0v) is 16.6. The molecule has 1 fully saturated rings. The Balaban J connectivity index is 1.46. The van der Waals surface area contributed by atoms with Gasteiger partial charge in [-0.05, 0) is 37.2 Å². The lowest BCUT2D eigenvalue weighted by Crippen LogP contribution is -2.35. The van der Waals surface area contributed by atoms with Crippen LogP contribution in [0.25, 0.3) is 0 Å². The predicted octanol–water partition coefficient (Wildman–Crippen LogP) is 4.75. The molecule has 1 aliphatic heterocycles. The summed E-state index contributed by atoms with van der Waals surface area (Å²) in [5, 5.41) is 14.1. The van der Waals surface area contributed by atoms with E-state index in [0.29, 0.717) is 31.3 Å². The first-order chi connectivity index (χ1) is 13.1. The predicted molar refractivity (Wildman–Crippen MR) is 109 cm³/mol. The van der Waals surface area contributed by atoms with Crippen molar-refractivity contribution in [2.75, 3.05) is 11.9 Å². The van der Waals surface area contributed by atoms with Gasteiger partial charge < -0.3 is 10.2 Å². The third kappa shape index (κ3) is 3.46. The van der Waals surface area contributed by atoms with Crippen LogP contribution in [0.4, 0.5) is 5.00 Å². The number of allylic oxidation sites excluding steroid dienone is 5. The van der Waals surface area contributed by atoms with Crippen molar-refractivity contribution in [2.24, 2.45) is 11.8 Å². The smallest absolute Gasteiger partial charge is 0.222 e. The number of carbonyl (C=O) groups excluding carboxylic acids is 1. The summed E-state index contributed by atoms with van der Waals surface area (Å²) in [5.74, 6) is 1.28. The minimum absolute atomic E-state index is 0.216. The quantitative estimate of drug-likeness (QED) is 0.776. The van der Waals surface area contributed by atoms with E-state index < -0.39 is 0 Å². The van der Waals surface area contributed by atoms with Gasteiger partial charge in [0.15, 0.2) is 0 Å². The summed E-state index contributed by atoms with van der Waals surface area (Å²) in [5.41, 5.74) is 4.38. The minimum atomic E-state index is 0.216. The van der Waals surface area contributed by atoms with Crippen LogP contribution < -0.4 is 5.32 Å². The Labute approximate surface area is 164 Å². The molecule has 4 nitrogen and oxygen atoms in total. The largest absolute Gasteiger partial charge is 0.350 e. The number of anilines is 1. The Bertz CT molecular complexity index is 886. The molecule has 1 aromatic rings. The Kier molecular flexibility index (Phi) is 4.92. The lowest BCUT2D eigenvalue weighted by molar-refractivity contribution is -0.132. The highest BCUT2D eigenvalue weighted by molar-refractivity contribution is 7.16. The summed E-state index contributed by atoms with van der Waals surface area (Å²) < 4.78 is 0. The van der Waals surface area contributed by atoms with Crippen LogP contribution in [-0.4, -0.2) is 17.4 Å². The highest BCUT2D eigenvalue weighted by atomic mass is 32.1. The normalized spacial score (nSPS) is 22.8. The molecule has 140 valence electrons. The van der Waals surface area contributed by atoms with Gasteiger partial charge in [0, 0.05) is 29.5 Å². The van der Waals surface area contributed by atoms with Crippen LogP contribution in [0.5, 0.6) is 0 Å². The molecule has 1 aromatic heterocycles. The molecule has 0 spiro atoms. The fraction of sp³-hybridized carbons (Fsp3) is 0.455. The van der Waals surface area contributed by atoms with Crippen LogP contribution >= 0.6 is 11.3 Å². The molecule has 5 heteroatoms. The summed E-state index contributed by atoms with van der Waals surface area (Å²) >= 11 is 1.62. The molecule has 0 radical (unpaired) electrons. The summed E-state index contributed by atoms with van der Waals surface area (Å²) in [6.45, 7) is 7.63. The molecule has 0 saturated heterocycles. The van der Waals surface area contributed by atoms with Gasteiger partial charge in [-0.2, -0.15) is 5.26 Å². The summed E-state index contributed by atoms with van der Waals surface area (Å²) in [4.78, 5) is 15.3. The summed E-state index contributed by atoms with van der Waals surface area (Å²) in [6, 6.07) is 2.39. The summed E-state index contributed by atoms with van der Waals surface area (Å²) in [7, 11) is 0. The first kappa shape index (κ1) is 18.1. The first-order valence-corrected chi connectivity index (χ1v) is 10.6. The molecular formula is C22H25N3OS. The molecule has 1 amide bonds. The van der Waals surface area contributed by atoms with Gasteiger partial charge in [0.05, 0.1) is 12.1 Å². The van der Waals surface area contributed by atoms with Crippen molar-refractivity contribution in [2.45, 2.75) is 45.6 Å². The Morgan fingerprint density at radius 2 is 2.37 bits per heavy atom. The molecule has 2 unspecified atom stereocenters. The van der Waals surface area contributed by atoms with E-state index in [9.17, 15) is 10.1 Å². The zero-order chi connectivity index (χ0) is 19.0. The number of thiophene rings is 1. The number of hydrogen-bond acceptors (Lipinski definition) is 4. The number of nitriles is 1. The topological polar surface area (TPSA) is 56.1 Å². The number of hydrogen-bond donors (Lipinski definition) is 1. The maximum Gasteiger partial charge on any atom is 0.222 e. The molecule has 2 aliphatic carbocycles. The van der Waals surface area contributed by atoms with Gasteiger partial charge in [0.1, 0.15) is 11.1 Å². The van der Waals surface area contributed by atoms with E-state index in [2.05, 4.69) is 36.2 Å². The van der Waals surface area contributed by atoms with Gasteiger partial charge >= 0.3 is 0 Å². The van der Waals surface area contributed by atoms with Crippen molar-refractivity contribution in [3.8, 4) is 6.07 Å². The van der Waals surface area contributed by atoms with Crippen LogP contribution in [0.1, 0.15) is 48.6 Å². The highest BCUT2D eigenvalue weighted by Crippen LogP contribution is 2.51. The van der Waals surface area contributed by atoms with E-state index in [0.717, 1.165) is 52.4 Å². The molecule has 3 aliphatic rings. The zero-order valence-electron chi connectivity index (χ0n) is 15.8. The van der Waals surface area contributed by atoms with Crippen LogP contribution in [0.2, 0.25) is 0 Å². The van der Waals surface area contributed by atoms with Crippen molar-refractivity contribution < 1.29 is 4.79 Å². The molecular weight excluding hydrogens is 354 g/mol. The Morgan fingerprint density at radius 3 is 3.07 bits per heavy atom. The van der Waals surface area contributed by atoms with Gasteiger partial charge in [-0.3, -0.25) is 4.79 Å². The number of nitrogens with zero attached hydrogens (tertiary/aromatic N) is 2. The van der Waals surface area contributed by atoms with Crippen molar-refractivity contribution in [3.63, 3.8) is 0 Å². The van der Waals surface area contributed by atoms with Crippen molar-refractivity contribution in [1.29, 1.82) is 5.26 Å².